The Labute approximate surface area is 226 Å². The minimum absolute atomic E-state index is 0.0134. The number of ether oxygens (including phenoxy) is 2. The molecule has 3 aromatic carbocycles. The van der Waals surface area contributed by atoms with Crippen LogP contribution in [0.15, 0.2) is 72.8 Å². The lowest BCUT2D eigenvalue weighted by Crippen LogP contribution is -2.38. The van der Waals surface area contributed by atoms with Gasteiger partial charge in [0, 0.05) is 12.6 Å². The average molecular weight is 528 g/mol. The summed E-state index contributed by atoms with van der Waals surface area (Å²) in [5.74, 6) is -0.997. The highest BCUT2D eigenvalue weighted by Gasteiger charge is 2.40. The van der Waals surface area contributed by atoms with Crippen molar-refractivity contribution in [3.63, 3.8) is 0 Å². The summed E-state index contributed by atoms with van der Waals surface area (Å²) < 4.78 is 10.7. The van der Waals surface area contributed by atoms with Gasteiger partial charge < -0.3 is 14.4 Å². The molecule has 4 rings (SSSR count). The zero-order valence-electron chi connectivity index (χ0n) is 21.6. The number of hydrogen-bond acceptors (Lipinski definition) is 7. The summed E-state index contributed by atoms with van der Waals surface area (Å²) >= 11 is 0. The Morgan fingerprint density at radius 1 is 1.10 bits per heavy atom. The monoisotopic (exact) mass is 527 g/mol. The maximum Gasteiger partial charge on any atom is 0.311 e. The molecule has 0 radical (unpaired) electrons. The van der Waals surface area contributed by atoms with Crippen LogP contribution in [-0.4, -0.2) is 48.0 Å². The molecule has 0 bridgehead atoms. The molecule has 1 saturated heterocycles. The Hall–Kier alpha value is -4.71. The number of nitro groups is 1. The minimum Gasteiger partial charge on any atom is -0.485 e. The van der Waals surface area contributed by atoms with Crippen LogP contribution in [0.1, 0.15) is 30.4 Å². The number of amides is 1. The van der Waals surface area contributed by atoms with Gasteiger partial charge in [0.05, 0.1) is 42.0 Å². The summed E-state index contributed by atoms with van der Waals surface area (Å²) in [6.07, 6.45) is 1.91. The molecule has 1 fully saturated rings. The van der Waals surface area contributed by atoms with Crippen LogP contribution in [0, 0.1) is 27.4 Å². The predicted molar refractivity (Wildman–Crippen MR) is 144 cm³/mol. The summed E-state index contributed by atoms with van der Waals surface area (Å²) in [7, 11) is 1.29. The van der Waals surface area contributed by atoms with Crippen molar-refractivity contribution in [1.82, 2.24) is 4.90 Å². The first-order valence-corrected chi connectivity index (χ1v) is 12.7. The Morgan fingerprint density at radius 3 is 2.49 bits per heavy atom. The Bertz CT molecular complexity index is 1370. The molecular weight excluding hydrogens is 498 g/mol. The summed E-state index contributed by atoms with van der Waals surface area (Å²) in [4.78, 5) is 38.2. The van der Waals surface area contributed by atoms with Crippen LogP contribution < -0.4 is 4.74 Å². The van der Waals surface area contributed by atoms with Gasteiger partial charge in [0.2, 0.25) is 5.91 Å². The molecule has 200 valence electrons. The number of esters is 1. The number of likely N-dealkylation sites (tertiary alicyclic amines) is 1. The molecule has 0 aromatic heterocycles. The minimum atomic E-state index is -0.517. The normalized spacial score (nSPS) is 16.5. The van der Waals surface area contributed by atoms with Crippen LogP contribution in [0.2, 0.25) is 0 Å². The second-order valence-corrected chi connectivity index (χ2v) is 9.43. The summed E-state index contributed by atoms with van der Waals surface area (Å²) in [6.45, 7) is 0.547. The number of nitriles is 1. The van der Waals surface area contributed by atoms with Crippen molar-refractivity contribution in [2.75, 3.05) is 20.3 Å². The van der Waals surface area contributed by atoms with E-state index in [1.54, 1.807) is 41.3 Å². The smallest absolute Gasteiger partial charge is 0.311 e. The van der Waals surface area contributed by atoms with Gasteiger partial charge in [0.25, 0.3) is 0 Å². The number of rotatable bonds is 11. The first kappa shape index (κ1) is 27.3. The fraction of sp³-hybridized carbons (Fsp3) is 0.300. The quantitative estimate of drug-likeness (QED) is 0.197. The van der Waals surface area contributed by atoms with Crippen molar-refractivity contribution in [3.05, 3.63) is 94.0 Å². The van der Waals surface area contributed by atoms with Crippen molar-refractivity contribution in [3.8, 4) is 22.9 Å². The van der Waals surface area contributed by atoms with Crippen molar-refractivity contribution < 1.29 is 24.0 Å². The van der Waals surface area contributed by atoms with E-state index in [9.17, 15) is 19.7 Å². The highest BCUT2D eigenvalue weighted by molar-refractivity contribution is 5.86. The third-order valence-corrected chi connectivity index (χ3v) is 6.91. The van der Waals surface area contributed by atoms with E-state index in [0.717, 1.165) is 18.4 Å². The van der Waals surface area contributed by atoms with Crippen molar-refractivity contribution >= 4 is 17.6 Å². The number of nitrogens with zero attached hydrogens (tertiary/aromatic N) is 3. The number of carbonyl (C=O) groups excluding carboxylic acids is 2. The lowest BCUT2D eigenvalue weighted by Gasteiger charge is -2.25. The number of hydrogen-bond donors (Lipinski definition) is 0. The molecule has 2 atom stereocenters. The van der Waals surface area contributed by atoms with E-state index in [0.29, 0.717) is 24.1 Å². The molecule has 1 aliphatic heterocycles. The molecule has 0 unspecified atom stereocenters. The van der Waals surface area contributed by atoms with Crippen LogP contribution in [0.3, 0.4) is 0 Å². The predicted octanol–water partition coefficient (Wildman–Crippen LogP) is 4.93. The zero-order chi connectivity index (χ0) is 27.8. The third kappa shape index (κ3) is 6.79. The van der Waals surface area contributed by atoms with E-state index in [1.165, 1.54) is 18.7 Å². The average Bonchev–Trinajstić information content (AvgIpc) is 3.25. The SMILES string of the molecule is COC(=O)C[C@@H]1C[C@@H](COc2ccc(-c3ccc(C#N)cc3)cc2[N+](=O)[O-])N(CCCc2ccccc2)C1=O. The Balaban J connectivity index is 1.48. The number of benzene rings is 3. The summed E-state index contributed by atoms with van der Waals surface area (Å²) in [6, 6.07) is 23.2. The fourth-order valence-electron chi connectivity index (χ4n) is 4.86. The standard InChI is InChI=1S/C30H29N3O6/c1-38-29(34)18-25-16-26(32(30(25)35)15-5-8-21-6-3-2-4-7-21)20-39-28-14-13-24(17-27(28)33(36)37)23-11-9-22(19-31)10-12-23/h2-4,6-7,9-14,17,25-26H,5,8,15-16,18,20H2,1H3/t25-,26-/m0/s1. The van der Waals surface area contributed by atoms with E-state index in [4.69, 9.17) is 14.7 Å². The van der Waals surface area contributed by atoms with E-state index in [2.05, 4.69) is 6.07 Å². The molecule has 39 heavy (non-hydrogen) atoms. The highest BCUT2D eigenvalue weighted by Crippen LogP contribution is 2.34. The van der Waals surface area contributed by atoms with E-state index in [1.807, 2.05) is 30.3 Å². The maximum atomic E-state index is 13.2. The lowest BCUT2D eigenvalue weighted by molar-refractivity contribution is -0.385. The maximum absolute atomic E-state index is 13.2. The van der Waals surface area contributed by atoms with Crippen molar-refractivity contribution in [2.24, 2.45) is 5.92 Å². The van der Waals surface area contributed by atoms with Gasteiger partial charge in [-0.3, -0.25) is 19.7 Å². The molecule has 9 heteroatoms. The molecule has 3 aromatic rings. The van der Waals surface area contributed by atoms with Gasteiger partial charge in [-0.25, -0.2) is 0 Å². The first-order valence-electron chi connectivity index (χ1n) is 12.7. The number of carbonyl (C=O) groups is 2. The molecular formula is C30H29N3O6. The zero-order valence-corrected chi connectivity index (χ0v) is 21.6. The Kier molecular flexibility index (Phi) is 8.90. The summed E-state index contributed by atoms with van der Waals surface area (Å²) in [5, 5.41) is 20.9. The van der Waals surface area contributed by atoms with Crippen LogP contribution in [0.4, 0.5) is 5.69 Å². The second kappa shape index (κ2) is 12.7. The summed E-state index contributed by atoms with van der Waals surface area (Å²) in [5.41, 5.74) is 2.83. The number of aryl methyl sites for hydroxylation is 1. The van der Waals surface area contributed by atoms with Crippen LogP contribution in [-0.2, 0) is 20.7 Å². The largest absolute Gasteiger partial charge is 0.485 e. The van der Waals surface area contributed by atoms with Gasteiger partial charge >= 0.3 is 11.7 Å². The molecule has 1 amide bonds. The van der Waals surface area contributed by atoms with Gasteiger partial charge in [-0.15, -0.1) is 0 Å². The van der Waals surface area contributed by atoms with Crippen LogP contribution in [0.5, 0.6) is 5.75 Å². The van der Waals surface area contributed by atoms with Gasteiger partial charge in [-0.2, -0.15) is 5.26 Å². The van der Waals surface area contributed by atoms with E-state index < -0.39 is 16.8 Å². The molecule has 9 nitrogen and oxygen atoms in total. The lowest BCUT2D eigenvalue weighted by atomic mass is 10.0. The van der Waals surface area contributed by atoms with Gasteiger partial charge in [0.15, 0.2) is 5.75 Å². The fourth-order valence-corrected chi connectivity index (χ4v) is 4.86. The third-order valence-electron chi connectivity index (χ3n) is 6.91. The van der Waals surface area contributed by atoms with Gasteiger partial charge in [0.1, 0.15) is 6.61 Å². The van der Waals surface area contributed by atoms with Crippen molar-refractivity contribution in [2.45, 2.75) is 31.7 Å². The van der Waals surface area contributed by atoms with Gasteiger partial charge in [-0.05, 0) is 54.2 Å². The molecule has 0 saturated carbocycles. The molecule has 1 aliphatic rings. The topological polar surface area (TPSA) is 123 Å². The van der Waals surface area contributed by atoms with Gasteiger partial charge in [-0.1, -0.05) is 48.5 Å². The first-order chi connectivity index (χ1) is 18.9. The van der Waals surface area contributed by atoms with Crippen LogP contribution >= 0.6 is 0 Å². The van der Waals surface area contributed by atoms with E-state index in [-0.39, 0.29) is 36.4 Å². The Morgan fingerprint density at radius 2 is 1.82 bits per heavy atom. The molecule has 0 N–H and O–H groups in total. The molecule has 0 aliphatic carbocycles. The number of methoxy groups -OCH3 is 1. The number of nitro benzene ring substituents is 1. The molecule has 1 heterocycles. The molecule has 0 spiro atoms. The van der Waals surface area contributed by atoms with Crippen LogP contribution in [0.25, 0.3) is 11.1 Å². The second-order valence-electron chi connectivity index (χ2n) is 9.43. The van der Waals surface area contributed by atoms with Crippen molar-refractivity contribution in [1.29, 1.82) is 5.26 Å². The highest BCUT2D eigenvalue weighted by atomic mass is 16.6. The van der Waals surface area contributed by atoms with E-state index >= 15 is 0 Å².